The largest absolute Gasteiger partial charge is 0.464 e. The predicted octanol–water partition coefficient (Wildman–Crippen LogP) is 5.95. The highest BCUT2D eigenvalue weighted by Gasteiger charge is 2.41. The van der Waals surface area contributed by atoms with Gasteiger partial charge < -0.3 is 4.74 Å². The summed E-state index contributed by atoms with van der Waals surface area (Å²) in [6.07, 6.45) is 0.631. The van der Waals surface area contributed by atoms with Crippen molar-refractivity contribution in [1.29, 1.82) is 0 Å². The van der Waals surface area contributed by atoms with Crippen LogP contribution in [-0.4, -0.2) is 10.7 Å². The molecule has 0 saturated carbocycles. The number of thiophene rings is 1. The monoisotopic (exact) mass is 380 g/mol. The van der Waals surface area contributed by atoms with Crippen molar-refractivity contribution in [3.63, 3.8) is 0 Å². The summed E-state index contributed by atoms with van der Waals surface area (Å²) in [5.41, 5.74) is 4.56. The zero-order valence-corrected chi connectivity index (χ0v) is 15.8. The van der Waals surface area contributed by atoms with Crippen molar-refractivity contribution in [2.24, 2.45) is 5.10 Å². The zero-order chi connectivity index (χ0) is 17.7. The van der Waals surface area contributed by atoms with Gasteiger partial charge in [0.25, 0.3) is 0 Å². The topological polar surface area (TPSA) is 24.8 Å². The third-order valence-corrected chi connectivity index (χ3v) is 6.07. The Bertz CT molecular complexity index is 982. The van der Waals surface area contributed by atoms with E-state index in [1.807, 2.05) is 18.2 Å². The summed E-state index contributed by atoms with van der Waals surface area (Å²) in [6, 6.07) is 18.7. The van der Waals surface area contributed by atoms with Gasteiger partial charge in [0.05, 0.1) is 16.6 Å². The maximum absolute atomic E-state index is 6.36. The lowest BCUT2D eigenvalue weighted by Crippen LogP contribution is -2.33. The zero-order valence-electron chi connectivity index (χ0n) is 14.2. The number of aryl methyl sites for hydroxylation is 1. The molecule has 0 N–H and O–H groups in total. The van der Waals surface area contributed by atoms with E-state index in [9.17, 15) is 0 Å². The minimum Gasteiger partial charge on any atom is -0.464 e. The standard InChI is InChI=1S/C21H17ClN2OS/c1-13-4-6-14(7-5-13)21-24-18(12-17(23-24)20-3-2-10-26-20)16-11-15(22)8-9-19(16)25-21/h2-11,18,21H,12H2,1H3/t18-,21+/m0/s1. The van der Waals surface area contributed by atoms with E-state index in [2.05, 4.69) is 53.7 Å². The summed E-state index contributed by atoms with van der Waals surface area (Å²) in [5, 5.41) is 9.87. The molecule has 2 aliphatic rings. The van der Waals surface area contributed by atoms with Gasteiger partial charge in [0.2, 0.25) is 6.23 Å². The smallest absolute Gasteiger partial charge is 0.213 e. The third kappa shape index (κ3) is 2.61. The average molecular weight is 381 g/mol. The molecule has 3 nitrogen and oxygen atoms in total. The van der Waals surface area contributed by atoms with E-state index in [0.717, 1.165) is 34.0 Å². The SMILES string of the molecule is Cc1ccc([C@H]2Oc3ccc(Cl)cc3[C@@H]3CC(c4cccs4)=NN23)cc1. The Kier molecular flexibility index (Phi) is 3.76. The van der Waals surface area contributed by atoms with Crippen LogP contribution in [0.25, 0.3) is 0 Å². The van der Waals surface area contributed by atoms with Gasteiger partial charge in [0.15, 0.2) is 0 Å². The molecule has 130 valence electrons. The first-order valence-electron chi connectivity index (χ1n) is 8.61. The molecular weight excluding hydrogens is 364 g/mol. The number of halogens is 1. The van der Waals surface area contributed by atoms with Crippen LogP contribution < -0.4 is 4.74 Å². The van der Waals surface area contributed by atoms with E-state index in [1.54, 1.807) is 11.3 Å². The van der Waals surface area contributed by atoms with Crippen LogP contribution in [0.15, 0.2) is 65.1 Å². The number of hydrogen-bond acceptors (Lipinski definition) is 4. The van der Waals surface area contributed by atoms with Crippen LogP contribution in [0.5, 0.6) is 5.75 Å². The maximum atomic E-state index is 6.36. The number of ether oxygens (including phenoxy) is 1. The Morgan fingerprint density at radius 3 is 2.77 bits per heavy atom. The highest BCUT2D eigenvalue weighted by molar-refractivity contribution is 7.12. The highest BCUT2D eigenvalue weighted by Crippen LogP contribution is 2.48. The van der Waals surface area contributed by atoms with Gasteiger partial charge in [0.1, 0.15) is 5.75 Å². The molecule has 0 bridgehead atoms. The number of hydrogen-bond donors (Lipinski definition) is 0. The summed E-state index contributed by atoms with van der Waals surface area (Å²) >= 11 is 7.99. The van der Waals surface area contributed by atoms with Crippen molar-refractivity contribution >= 4 is 28.6 Å². The van der Waals surface area contributed by atoms with Gasteiger partial charge in [-0.05, 0) is 36.6 Å². The predicted molar refractivity (Wildman–Crippen MR) is 106 cm³/mol. The summed E-state index contributed by atoms with van der Waals surface area (Å²) in [4.78, 5) is 1.21. The second-order valence-electron chi connectivity index (χ2n) is 6.69. The first kappa shape index (κ1) is 15.9. The van der Waals surface area contributed by atoms with Crippen molar-refractivity contribution in [1.82, 2.24) is 5.01 Å². The molecule has 0 spiro atoms. The minimum absolute atomic E-state index is 0.140. The number of fused-ring (bicyclic) bond motifs is 3. The van der Waals surface area contributed by atoms with Crippen molar-refractivity contribution in [3.8, 4) is 5.75 Å². The van der Waals surface area contributed by atoms with Crippen LogP contribution >= 0.6 is 22.9 Å². The summed E-state index contributed by atoms with van der Waals surface area (Å²) < 4.78 is 6.36. The van der Waals surface area contributed by atoms with Gasteiger partial charge in [0, 0.05) is 22.6 Å². The summed E-state index contributed by atoms with van der Waals surface area (Å²) in [6.45, 7) is 2.09. The van der Waals surface area contributed by atoms with Gasteiger partial charge >= 0.3 is 0 Å². The normalized spacial score (nSPS) is 21.0. The van der Waals surface area contributed by atoms with Crippen molar-refractivity contribution < 1.29 is 4.74 Å². The molecule has 1 aromatic heterocycles. The molecule has 0 unspecified atom stereocenters. The van der Waals surface area contributed by atoms with Crippen molar-refractivity contribution in [2.75, 3.05) is 0 Å². The van der Waals surface area contributed by atoms with E-state index in [0.29, 0.717) is 0 Å². The lowest BCUT2D eigenvalue weighted by Gasteiger charge is -2.38. The molecule has 5 rings (SSSR count). The van der Waals surface area contributed by atoms with Crippen LogP contribution in [-0.2, 0) is 0 Å². The van der Waals surface area contributed by atoms with Gasteiger partial charge in [-0.25, -0.2) is 5.01 Å². The quantitative estimate of drug-likeness (QED) is 0.548. The average Bonchev–Trinajstić information content (AvgIpc) is 3.32. The van der Waals surface area contributed by atoms with Gasteiger partial charge in [-0.3, -0.25) is 0 Å². The highest BCUT2D eigenvalue weighted by atomic mass is 35.5. The van der Waals surface area contributed by atoms with E-state index >= 15 is 0 Å². The fourth-order valence-corrected chi connectivity index (χ4v) is 4.50. The Hall–Kier alpha value is -2.30. The molecule has 0 saturated heterocycles. The lowest BCUT2D eigenvalue weighted by molar-refractivity contribution is -0.0190. The first-order chi connectivity index (χ1) is 12.7. The van der Waals surface area contributed by atoms with E-state index in [-0.39, 0.29) is 12.3 Å². The Morgan fingerprint density at radius 2 is 2.00 bits per heavy atom. The molecule has 2 aliphatic heterocycles. The molecule has 3 aromatic rings. The lowest BCUT2D eigenvalue weighted by atomic mass is 9.97. The first-order valence-corrected chi connectivity index (χ1v) is 9.87. The molecule has 0 aliphatic carbocycles. The number of nitrogens with zero attached hydrogens (tertiary/aromatic N) is 2. The van der Waals surface area contributed by atoms with Crippen LogP contribution in [0.3, 0.4) is 0 Å². The van der Waals surface area contributed by atoms with Gasteiger partial charge in [-0.1, -0.05) is 47.5 Å². The minimum atomic E-state index is -0.230. The molecule has 0 amide bonds. The van der Waals surface area contributed by atoms with Crippen LogP contribution in [0.4, 0.5) is 0 Å². The third-order valence-electron chi connectivity index (χ3n) is 4.92. The number of hydrazone groups is 1. The maximum Gasteiger partial charge on any atom is 0.213 e. The van der Waals surface area contributed by atoms with E-state index in [4.69, 9.17) is 21.4 Å². The molecule has 0 radical (unpaired) electrons. The molecule has 5 heteroatoms. The molecule has 3 heterocycles. The van der Waals surface area contributed by atoms with Gasteiger partial charge in [-0.2, -0.15) is 5.10 Å². The van der Waals surface area contributed by atoms with E-state index < -0.39 is 0 Å². The molecule has 2 aromatic carbocycles. The summed E-state index contributed by atoms with van der Waals surface area (Å²) in [7, 11) is 0. The van der Waals surface area contributed by atoms with Crippen LogP contribution in [0.1, 0.15) is 40.3 Å². The second kappa shape index (κ2) is 6.15. The number of rotatable bonds is 2. The second-order valence-corrected chi connectivity index (χ2v) is 8.07. The van der Waals surface area contributed by atoms with Crippen molar-refractivity contribution in [3.05, 3.63) is 86.6 Å². The fourth-order valence-electron chi connectivity index (χ4n) is 3.60. The fraction of sp³-hybridized carbons (Fsp3) is 0.190. The van der Waals surface area contributed by atoms with Crippen LogP contribution in [0.2, 0.25) is 5.02 Å². The molecule has 2 atom stereocenters. The van der Waals surface area contributed by atoms with Crippen molar-refractivity contribution in [2.45, 2.75) is 25.6 Å². The molecule has 0 fully saturated rings. The summed E-state index contributed by atoms with van der Waals surface area (Å²) in [5.74, 6) is 0.892. The van der Waals surface area contributed by atoms with E-state index in [1.165, 1.54) is 10.4 Å². The van der Waals surface area contributed by atoms with Crippen LogP contribution in [0, 0.1) is 6.92 Å². The number of benzene rings is 2. The molecule has 26 heavy (non-hydrogen) atoms. The Balaban J connectivity index is 1.61. The Labute approximate surface area is 161 Å². The molecular formula is C21H17ClN2OS. The Morgan fingerprint density at radius 1 is 1.15 bits per heavy atom. The van der Waals surface area contributed by atoms with Gasteiger partial charge in [-0.15, -0.1) is 11.3 Å².